The number of aromatic nitrogens is 1. The van der Waals surface area contributed by atoms with E-state index in [4.69, 9.17) is 10.5 Å². The Morgan fingerprint density at radius 2 is 1.94 bits per heavy atom. The number of hydrogen-bond acceptors (Lipinski definition) is 5. The van der Waals surface area contributed by atoms with Gasteiger partial charge in [0.1, 0.15) is 23.5 Å². The van der Waals surface area contributed by atoms with E-state index in [0.29, 0.717) is 36.7 Å². The summed E-state index contributed by atoms with van der Waals surface area (Å²) in [6, 6.07) is 5.33. The summed E-state index contributed by atoms with van der Waals surface area (Å²) < 4.78 is 5.34. The van der Waals surface area contributed by atoms with Gasteiger partial charge in [-0.25, -0.2) is 0 Å². The largest absolute Gasteiger partial charge is 0.496 e. The van der Waals surface area contributed by atoms with Gasteiger partial charge in [0.25, 0.3) is 5.91 Å². The number of nitrogens with one attached hydrogen (secondary N) is 4. The molecule has 1 saturated heterocycles. The maximum atomic E-state index is 13.1. The molecule has 1 aliphatic heterocycles. The van der Waals surface area contributed by atoms with E-state index in [0.717, 1.165) is 23.7 Å². The number of hydrogen-bond donors (Lipinski definition) is 5. The number of ether oxygens (including phenoxy) is 1. The Balaban J connectivity index is 1.46. The first-order valence-corrected chi connectivity index (χ1v) is 11.2. The van der Waals surface area contributed by atoms with Gasteiger partial charge < -0.3 is 31.4 Å². The molecule has 0 radical (unpaired) electrons. The molecule has 33 heavy (non-hydrogen) atoms. The van der Waals surface area contributed by atoms with Gasteiger partial charge in [0, 0.05) is 23.4 Å². The molecule has 2 aliphatic rings. The Morgan fingerprint density at radius 1 is 1.15 bits per heavy atom. The summed E-state index contributed by atoms with van der Waals surface area (Å²) in [4.78, 5) is 52.9. The zero-order valence-electron chi connectivity index (χ0n) is 18.5. The van der Waals surface area contributed by atoms with Crippen LogP contribution >= 0.6 is 0 Å². The fourth-order valence-corrected chi connectivity index (χ4v) is 4.26. The summed E-state index contributed by atoms with van der Waals surface area (Å²) >= 11 is 0. The van der Waals surface area contributed by atoms with E-state index in [1.165, 1.54) is 0 Å². The summed E-state index contributed by atoms with van der Waals surface area (Å²) in [6.07, 6.45) is 3.18. The molecule has 4 rings (SSSR count). The molecule has 6 N–H and O–H groups in total. The normalized spacial score (nSPS) is 19.5. The zero-order chi connectivity index (χ0) is 23.5. The number of methoxy groups -OCH3 is 1. The monoisotopic (exact) mass is 455 g/mol. The van der Waals surface area contributed by atoms with Crippen LogP contribution in [0.1, 0.15) is 42.6 Å². The second-order valence-electron chi connectivity index (χ2n) is 8.79. The molecule has 10 nitrogen and oxygen atoms in total. The Hall–Kier alpha value is -3.56. The van der Waals surface area contributed by atoms with Gasteiger partial charge in [-0.05, 0) is 43.4 Å². The first-order valence-electron chi connectivity index (χ1n) is 11.2. The number of amides is 4. The lowest BCUT2D eigenvalue weighted by atomic mass is 9.97. The van der Waals surface area contributed by atoms with E-state index < -0.39 is 29.8 Å². The van der Waals surface area contributed by atoms with Crippen molar-refractivity contribution in [3.05, 3.63) is 30.0 Å². The number of H-pyrrole nitrogens is 1. The second kappa shape index (κ2) is 9.51. The van der Waals surface area contributed by atoms with E-state index in [1.54, 1.807) is 19.2 Å². The van der Waals surface area contributed by atoms with Crippen LogP contribution in [0.2, 0.25) is 0 Å². The van der Waals surface area contributed by atoms with Gasteiger partial charge in [0.05, 0.1) is 7.11 Å². The lowest BCUT2D eigenvalue weighted by Crippen LogP contribution is -2.53. The van der Waals surface area contributed by atoms with Gasteiger partial charge in [-0.2, -0.15) is 0 Å². The molecule has 1 aromatic carbocycles. The van der Waals surface area contributed by atoms with Crippen LogP contribution in [-0.2, 0) is 14.4 Å². The topological polar surface area (TPSA) is 155 Å². The molecular formula is C23H29N5O5. The van der Waals surface area contributed by atoms with Crippen LogP contribution in [-0.4, -0.2) is 54.4 Å². The number of carbonyl (C=O) groups is 4. The van der Waals surface area contributed by atoms with Crippen molar-refractivity contribution in [2.24, 2.45) is 17.6 Å². The molecule has 0 bridgehead atoms. The summed E-state index contributed by atoms with van der Waals surface area (Å²) in [6.45, 7) is 0.540. The molecule has 2 fully saturated rings. The van der Waals surface area contributed by atoms with E-state index in [-0.39, 0.29) is 18.2 Å². The molecule has 2 heterocycles. The molecule has 176 valence electrons. The van der Waals surface area contributed by atoms with E-state index >= 15 is 0 Å². The van der Waals surface area contributed by atoms with E-state index in [2.05, 4.69) is 20.9 Å². The maximum Gasteiger partial charge on any atom is 0.268 e. The molecular weight excluding hydrogens is 426 g/mol. The Kier molecular flexibility index (Phi) is 6.52. The fourth-order valence-electron chi connectivity index (χ4n) is 4.26. The quantitative estimate of drug-likeness (QED) is 0.354. The third-order valence-electron chi connectivity index (χ3n) is 6.32. The highest BCUT2D eigenvalue weighted by Crippen LogP contribution is 2.34. The highest BCUT2D eigenvalue weighted by Gasteiger charge is 2.35. The predicted octanol–water partition coefficient (Wildman–Crippen LogP) is 0.571. The molecule has 0 spiro atoms. The first-order chi connectivity index (χ1) is 15.9. The van der Waals surface area contributed by atoms with Crippen LogP contribution in [0.5, 0.6) is 5.75 Å². The van der Waals surface area contributed by atoms with Crippen molar-refractivity contribution in [2.75, 3.05) is 13.7 Å². The lowest BCUT2D eigenvalue weighted by Gasteiger charge is -2.23. The Bertz CT molecular complexity index is 1080. The van der Waals surface area contributed by atoms with Crippen LogP contribution in [0.25, 0.3) is 10.9 Å². The van der Waals surface area contributed by atoms with Gasteiger partial charge in [0.2, 0.25) is 17.7 Å². The number of aromatic amines is 1. The SMILES string of the molecule is COc1cccc2[nH]c(C(=O)NC(CC3CC3)C(=O)NC(C[C@@H]3CCNC3=O)C(N)=O)cc12. The Morgan fingerprint density at radius 3 is 2.58 bits per heavy atom. The maximum absolute atomic E-state index is 13.1. The third-order valence-corrected chi connectivity index (χ3v) is 6.32. The van der Waals surface area contributed by atoms with Gasteiger partial charge in [-0.1, -0.05) is 18.9 Å². The van der Waals surface area contributed by atoms with Gasteiger partial charge in [-0.3, -0.25) is 19.2 Å². The highest BCUT2D eigenvalue weighted by atomic mass is 16.5. The zero-order valence-corrected chi connectivity index (χ0v) is 18.5. The van der Waals surface area contributed by atoms with Crippen molar-refractivity contribution in [1.29, 1.82) is 0 Å². The number of nitrogens with two attached hydrogens (primary N) is 1. The van der Waals surface area contributed by atoms with Crippen molar-refractivity contribution in [3.8, 4) is 5.75 Å². The van der Waals surface area contributed by atoms with Gasteiger partial charge in [-0.15, -0.1) is 0 Å². The molecule has 1 saturated carbocycles. The molecule has 3 atom stereocenters. The number of primary amides is 1. The van der Waals surface area contributed by atoms with Crippen molar-refractivity contribution in [2.45, 2.75) is 44.2 Å². The van der Waals surface area contributed by atoms with Crippen LogP contribution < -0.4 is 26.4 Å². The average molecular weight is 456 g/mol. The van der Waals surface area contributed by atoms with E-state index in [9.17, 15) is 19.2 Å². The minimum atomic E-state index is -0.984. The van der Waals surface area contributed by atoms with Crippen molar-refractivity contribution in [1.82, 2.24) is 20.9 Å². The van der Waals surface area contributed by atoms with Crippen LogP contribution in [0.4, 0.5) is 0 Å². The van der Waals surface area contributed by atoms with E-state index in [1.807, 2.05) is 12.1 Å². The van der Waals surface area contributed by atoms with Crippen molar-refractivity contribution < 1.29 is 23.9 Å². The fraction of sp³-hybridized carbons (Fsp3) is 0.478. The molecule has 4 amide bonds. The van der Waals surface area contributed by atoms with Crippen LogP contribution in [0, 0.1) is 11.8 Å². The van der Waals surface area contributed by atoms with Crippen LogP contribution in [0.3, 0.4) is 0 Å². The molecule has 2 aromatic rings. The molecule has 1 aliphatic carbocycles. The second-order valence-corrected chi connectivity index (χ2v) is 8.79. The lowest BCUT2D eigenvalue weighted by molar-refractivity contribution is -0.130. The number of benzene rings is 1. The van der Waals surface area contributed by atoms with Crippen molar-refractivity contribution in [3.63, 3.8) is 0 Å². The summed E-state index contributed by atoms with van der Waals surface area (Å²) in [5.41, 5.74) is 6.54. The first kappa shape index (κ1) is 22.6. The van der Waals surface area contributed by atoms with Gasteiger partial charge >= 0.3 is 0 Å². The standard InChI is InChI=1S/C23H29N5O5/c1-33-19-4-2-3-15-14(19)11-18(26-15)23(32)28-17(9-12-5-6-12)22(31)27-16(20(24)29)10-13-7-8-25-21(13)30/h2-4,11-13,16-17,26H,5-10H2,1H3,(H2,24,29)(H,25,30)(H,27,31)(H,28,32)/t13-,16?,17?/m0/s1. The predicted molar refractivity (Wildman–Crippen MR) is 120 cm³/mol. The summed E-state index contributed by atoms with van der Waals surface area (Å²) in [5.74, 6) is -1.16. The minimum absolute atomic E-state index is 0.138. The number of rotatable bonds is 10. The molecule has 1 aromatic heterocycles. The summed E-state index contributed by atoms with van der Waals surface area (Å²) in [5, 5.41) is 8.93. The minimum Gasteiger partial charge on any atom is -0.496 e. The average Bonchev–Trinajstić information content (AvgIpc) is 3.34. The number of carbonyl (C=O) groups excluding carboxylic acids is 4. The molecule has 2 unspecified atom stereocenters. The van der Waals surface area contributed by atoms with Crippen molar-refractivity contribution >= 4 is 34.5 Å². The van der Waals surface area contributed by atoms with Crippen LogP contribution in [0.15, 0.2) is 24.3 Å². The summed E-state index contributed by atoms with van der Waals surface area (Å²) in [7, 11) is 1.56. The Labute approximate surface area is 191 Å². The molecule has 10 heteroatoms. The highest BCUT2D eigenvalue weighted by molar-refractivity contribution is 6.01. The third kappa shape index (κ3) is 5.27. The smallest absolute Gasteiger partial charge is 0.268 e. The van der Waals surface area contributed by atoms with Gasteiger partial charge in [0.15, 0.2) is 0 Å². The number of fused-ring (bicyclic) bond motifs is 1.